The van der Waals surface area contributed by atoms with Crippen molar-refractivity contribution in [1.29, 1.82) is 0 Å². The van der Waals surface area contributed by atoms with Crippen molar-refractivity contribution < 1.29 is 38.9 Å². The number of benzene rings is 1. The third-order valence-electron chi connectivity index (χ3n) is 7.32. The van der Waals surface area contributed by atoms with Crippen LogP contribution in [-0.4, -0.2) is 58.4 Å². The van der Waals surface area contributed by atoms with Crippen molar-refractivity contribution in [2.45, 2.75) is 66.2 Å². The van der Waals surface area contributed by atoms with Gasteiger partial charge in [-0.05, 0) is 48.3 Å². The van der Waals surface area contributed by atoms with Crippen LogP contribution in [0.1, 0.15) is 71.8 Å². The number of hydrogen-bond donors (Lipinski definition) is 2. The number of ether oxygens (including phenoxy) is 2. The van der Waals surface area contributed by atoms with Crippen LogP contribution in [0.5, 0.6) is 11.5 Å². The van der Waals surface area contributed by atoms with Gasteiger partial charge in [-0.1, -0.05) is 39.3 Å². The molecule has 9 nitrogen and oxygen atoms in total. The van der Waals surface area contributed by atoms with Crippen molar-refractivity contribution in [2.24, 2.45) is 10.8 Å². The van der Waals surface area contributed by atoms with E-state index in [1.54, 1.807) is 24.0 Å². The molecule has 0 fully saturated rings. The summed E-state index contributed by atoms with van der Waals surface area (Å²) in [4.78, 5) is 52.4. The minimum Gasteiger partial charge on any atom is -0.490 e. The molecule has 0 saturated carbocycles. The highest BCUT2D eigenvalue weighted by atomic mass is 35.5. The number of halogens is 1. The van der Waals surface area contributed by atoms with E-state index in [-0.39, 0.29) is 54.1 Å². The summed E-state index contributed by atoms with van der Waals surface area (Å²) >= 11 is 6.60. The van der Waals surface area contributed by atoms with E-state index in [1.165, 1.54) is 0 Å². The van der Waals surface area contributed by atoms with Crippen LogP contribution in [-0.2, 0) is 19.2 Å². The van der Waals surface area contributed by atoms with Gasteiger partial charge in [0.25, 0.3) is 0 Å². The van der Waals surface area contributed by atoms with Gasteiger partial charge in [0.1, 0.15) is 6.54 Å². The summed E-state index contributed by atoms with van der Waals surface area (Å²) in [5, 5.41) is 19.0. The van der Waals surface area contributed by atoms with E-state index in [0.717, 1.165) is 0 Å². The highest BCUT2D eigenvalue weighted by molar-refractivity contribution is 6.32. The lowest BCUT2D eigenvalue weighted by molar-refractivity contribution is -0.139. The maximum absolute atomic E-state index is 13.8. The number of nitrogens with zero attached hydrogens (tertiary/aromatic N) is 1. The summed E-state index contributed by atoms with van der Waals surface area (Å²) < 4.78 is 11.2. The minimum absolute atomic E-state index is 0.0589. The van der Waals surface area contributed by atoms with Crippen molar-refractivity contribution >= 4 is 35.1 Å². The van der Waals surface area contributed by atoms with Gasteiger partial charge < -0.3 is 24.6 Å². The number of carboxylic acid groups (broad SMARTS) is 2. The van der Waals surface area contributed by atoms with Gasteiger partial charge in [-0.2, -0.15) is 0 Å². The number of Topliss-reactive ketones (excluding diaryl/α,β-unsaturated/α-hetero) is 2. The Kier molecular flexibility index (Phi) is 7.60. The van der Waals surface area contributed by atoms with E-state index in [4.69, 9.17) is 26.2 Å². The maximum atomic E-state index is 13.8. The Balaban J connectivity index is 1.99. The molecule has 0 radical (unpaired) electrons. The molecule has 0 atom stereocenters. The molecule has 1 aliphatic heterocycles. The molecule has 0 saturated heterocycles. The Bertz CT molecular complexity index is 1270. The molecule has 3 aliphatic rings. The largest absolute Gasteiger partial charge is 0.490 e. The predicted molar refractivity (Wildman–Crippen MR) is 143 cm³/mol. The molecule has 4 rings (SSSR count). The van der Waals surface area contributed by atoms with Crippen LogP contribution < -0.4 is 9.47 Å². The molecule has 2 N–H and O–H groups in total. The first-order chi connectivity index (χ1) is 18.1. The zero-order valence-corrected chi connectivity index (χ0v) is 23.6. The molecule has 0 aromatic heterocycles. The van der Waals surface area contributed by atoms with Crippen LogP contribution in [0.4, 0.5) is 0 Å². The Hall–Kier alpha value is -3.33. The Morgan fingerprint density at radius 2 is 1.46 bits per heavy atom. The highest BCUT2D eigenvalue weighted by Gasteiger charge is 2.49. The zero-order chi connectivity index (χ0) is 28.9. The summed E-state index contributed by atoms with van der Waals surface area (Å²) in [5.41, 5.74) is 1.78. The van der Waals surface area contributed by atoms with E-state index in [9.17, 15) is 24.3 Å². The third kappa shape index (κ3) is 5.69. The van der Waals surface area contributed by atoms with Gasteiger partial charge in [0.2, 0.25) is 0 Å². The lowest BCUT2D eigenvalue weighted by atomic mass is 9.63. The summed E-state index contributed by atoms with van der Waals surface area (Å²) in [7, 11) is 0. The molecule has 10 heteroatoms. The molecule has 39 heavy (non-hydrogen) atoms. The van der Waals surface area contributed by atoms with E-state index >= 15 is 0 Å². The fourth-order valence-corrected chi connectivity index (χ4v) is 6.27. The first-order valence-corrected chi connectivity index (χ1v) is 13.3. The van der Waals surface area contributed by atoms with Crippen molar-refractivity contribution in [3.63, 3.8) is 0 Å². The Labute approximate surface area is 232 Å². The number of carbonyl (C=O) groups excluding carboxylic acids is 2. The van der Waals surface area contributed by atoms with Crippen LogP contribution >= 0.6 is 11.6 Å². The molecular formula is C29H34ClNO8. The van der Waals surface area contributed by atoms with Gasteiger partial charge in [0.15, 0.2) is 29.7 Å². The number of carbonyl (C=O) groups is 4. The summed E-state index contributed by atoms with van der Waals surface area (Å²) in [6.45, 7) is 8.90. The molecule has 1 heterocycles. The van der Waals surface area contributed by atoms with Crippen LogP contribution in [0.15, 0.2) is 34.7 Å². The summed E-state index contributed by atoms with van der Waals surface area (Å²) in [6.07, 6.45) is 1.43. The zero-order valence-electron chi connectivity index (χ0n) is 22.9. The molecule has 0 unspecified atom stereocenters. The minimum atomic E-state index is -1.18. The summed E-state index contributed by atoms with van der Waals surface area (Å²) in [6, 6.07) is 3.22. The number of rotatable bonds is 8. The molecule has 2 aliphatic carbocycles. The first-order valence-electron chi connectivity index (χ1n) is 13.0. The van der Waals surface area contributed by atoms with E-state index in [2.05, 4.69) is 0 Å². The summed E-state index contributed by atoms with van der Waals surface area (Å²) in [5.74, 6) is -3.04. The lowest BCUT2D eigenvalue weighted by Crippen LogP contribution is -2.45. The van der Waals surface area contributed by atoms with Gasteiger partial charge >= 0.3 is 11.9 Å². The maximum Gasteiger partial charge on any atom is 0.341 e. The van der Waals surface area contributed by atoms with E-state index in [1.807, 2.05) is 27.7 Å². The van der Waals surface area contributed by atoms with Gasteiger partial charge in [-0.25, -0.2) is 4.79 Å². The van der Waals surface area contributed by atoms with Crippen molar-refractivity contribution in [3.8, 4) is 11.5 Å². The lowest BCUT2D eigenvalue weighted by Gasteiger charge is -2.48. The molecule has 0 spiro atoms. The van der Waals surface area contributed by atoms with Gasteiger partial charge in [0, 0.05) is 41.3 Å². The molecule has 210 valence electrons. The SMILES string of the molecule is CCOc1cc(C2C3=C(CC(C)(C)CC3=O)N(CC(=O)O)C3=C2C(=O)CC(C)(C)C3)cc(Cl)c1OCC(=O)O. The fraction of sp³-hybridized carbons (Fsp3) is 0.517. The van der Waals surface area contributed by atoms with E-state index < -0.39 is 35.3 Å². The molecule has 0 amide bonds. The van der Waals surface area contributed by atoms with Crippen molar-refractivity contribution in [3.05, 3.63) is 45.3 Å². The topological polar surface area (TPSA) is 130 Å². The average molecular weight is 560 g/mol. The molecule has 1 aromatic carbocycles. The fourth-order valence-electron chi connectivity index (χ4n) is 6.00. The van der Waals surface area contributed by atoms with Crippen molar-refractivity contribution in [1.82, 2.24) is 4.90 Å². The Morgan fingerprint density at radius 1 is 0.923 bits per heavy atom. The number of ketones is 2. The average Bonchev–Trinajstić information content (AvgIpc) is 2.77. The number of hydrogen-bond acceptors (Lipinski definition) is 7. The Morgan fingerprint density at radius 3 is 1.92 bits per heavy atom. The standard InChI is InChI=1S/C29H34ClNO8/c1-6-38-21-8-15(7-16(30)27(21)39-14-23(36)37)24-25-17(9-28(2,3)11-19(25)32)31(13-22(34)35)18-10-29(4,5)12-20(33)26(18)24/h7-8,24H,6,9-14H2,1-5H3,(H,34,35)(H,36,37). The van der Waals surface area contributed by atoms with Gasteiger partial charge in [-0.3, -0.25) is 14.4 Å². The second kappa shape index (κ2) is 10.3. The second-order valence-corrected chi connectivity index (χ2v) is 12.4. The quantitative estimate of drug-likeness (QED) is 0.453. The van der Waals surface area contributed by atoms with Crippen LogP contribution in [0, 0.1) is 10.8 Å². The van der Waals surface area contributed by atoms with Crippen molar-refractivity contribution in [2.75, 3.05) is 19.8 Å². The van der Waals surface area contributed by atoms with Crippen LogP contribution in [0.2, 0.25) is 5.02 Å². The van der Waals surface area contributed by atoms with Gasteiger partial charge in [0.05, 0.1) is 11.6 Å². The van der Waals surface area contributed by atoms with E-state index in [0.29, 0.717) is 40.9 Å². The second-order valence-electron chi connectivity index (χ2n) is 12.0. The third-order valence-corrected chi connectivity index (χ3v) is 7.60. The van der Waals surface area contributed by atoms with Gasteiger partial charge in [-0.15, -0.1) is 0 Å². The normalized spacial score (nSPS) is 20.5. The molecule has 0 bridgehead atoms. The number of carboxylic acids is 2. The monoisotopic (exact) mass is 559 g/mol. The molecular weight excluding hydrogens is 526 g/mol. The van der Waals surface area contributed by atoms with Crippen LogP contribution in [0.3, 0.4) is 0 Å². The highest BCUT2D eigenvalue weighted by Crippen LogP contribution is 2.55. The molecule has 1 aromatic rings. The number of aliphatic carboxylic acids is 2. The smallest absolute Gasteiger partial charge is 0.341 e. The van der Waals surface area contributed by atoms with Crippen LogP contribution in [0.25, 0.3) is 0 Å². The first kappa shape index (κ1) is 28.7. The number of allylic oxidation sites excluding steroid dienone is 4. The predicted octanol–water partition coefficient (Wildman–Crippen LogP) is 4.97.